The topological polar surface area (TPSA) is 126 Å². The number of carbonyl (C=O) groups is 1. The molecule has 1 aliphatic heterocycles. The number of nitrogen functional groups attached to an aromatic ring is 1. The average molecular weight is 592 g/mol. The molecule has 0 spiro atoms. The van der Waals surface area contributed by atoms with E-state index in [4.69, 9.17) is 24.9 Å². The summed E-state index contributed by atoms with van der Waals surface area (Å²) in [5.74, 6) is 2.34. The molecule has 0 saturated heterocycles. The molecule has 0 radical (unpaired) electrons. The van der Waals surface area contributed by atoms with Gasteiger partial charge in [-0.25, -0.2) is 19.7 Å². The zero-order chi connectivity index (χ0) is 26.2. The smallest absolute Gasteiger partial charge is 0.407 e. The van der Waals surface area contributed by atoms with E-state index in [0.717, 1.165) is 64.6 Å². The largest absolute Gasteiger partial charge is 0.454 e. The molecule has 0 atom stereocenters. The summed E-state index contributed by atoms with van der Waals surface area (Å²) in [6, 6.07) is 4.02. The van der Waals surface area contributed by atoms with Gasteiger partial charge in [-0.15, -0.1) is 0 Å². The second-order valence-electron chi connectivity index (χ2n) is 10.4. The van der Waals surface area contributed by atoms with Crippen LogP contribution >= 0.6 is 27.7 Å². The van der Waals surface area contributed by atoms with Gasteiger partial charge in [-0.1, -0.05) is 11.8 Å². The van der Waals surface area contributed by atoms with Crippen LogP contribution in [-0.4, -0.2) is 44.0 Å². The van der Waals surface area contributed by atoms with Crippen LogP contribution in [0.25, 0.3) is 11.2 Å². The van der Waals surface area contributed by atoms with Gasteiger partial charge in [-0.2, -0.15) is 0 Å². The first-order chi connectivity index (χ1) is 17.7. The number of amides is 1. The van der Waals surface area contributed by atoms with Crippen molar-refractivity contribution in [1.82, 2.24) is 24.8 Å². The van der Waals surface area contributed by atoms with Crippen LogP contribution in [0.3, 0.4) is 0 Å². The van der Waals surface area contributed by atoms with Crippen LogP contribution in [0.5, 0.6) is 11.5 Å². The van der Waals surface area contributed by atoms with Crippen molar-refractivity contribution in [3.05, 3.63) is 22.9 Å². The summed E-state index contributed by atoms with van der Waals surface area (Å²) >= 11 is 5.17. The molecule has 2 aromatic heterocycles. The third kappa shape index (κ3) is 6.06. The van der Waals surface area contributed by atoms with E-state index in [1.54, 1.807) is 0 Å². The highest BCUT2D eigenvalue weighted by Crippen LogP contribution is 2.43. The molecular formula is C25H31BrN6O4S. The van der Waals surface area contributed by atoms with Gasteiger partial charge in [0.25, 0.3) is 0 Å². The molecule has 198 valence electrons. The number of hydrogen-bond acceptors (Lipinski definition) is 9. The van der Waals surface area contributed by atoms with Gasteiger partial charge in [0, 0.05) is 22.0 Å². The maximum atomic E-state index is 12.1. The zero-order valence-electron chi connectivity index (χ0n) is 21.1. The van der Waals surface area contributed by atoms with Crippen molar-refractivity contribution < 1.29 is 19.0 Å². The van der Waals surface area contributed by atoms with Crippen LogP contribution in [-0.2, 0) is 11.3 Å². The van der Waals surface area contributed by atoms with Crippen LogP contribution in [0.15, 0.2) is 33.0 Å². The van der Waals surface area contributed by atoms with Gasteiger partial charge in [0.05, 0.1) is 0 Å². The quantitative estimate of drug-likeness (QED) is 0.381. The second-order valence-corrected chi connectivity index (χ2v) is 12.2. The fourth-order valence-corrected chi connectivity index (χ4v) is 6.18. The van der Waals surface area contributed by atoms with Crippen LogP contribution in [0, 0.1) is 5.92 Å². The number of imidazole rings is 1. The van der Waals surface area contributed by atoms with Crippen LogP contribution in [0.2, 0.25) is 0 Å². The number of halogens is 1. The molecule has 3 aromatic rings. The molecule has 1 aliphatic carbocycles. The molecule has 3 N–H and O–H groups in total. The summed E-state index contributed by atoms with van der Waals surface area (Å²) in [6.07, 6.45) is 6.08. The number of aromatic nitrogens is 4. The van der Waals surface area contributed by atoms with Gasteiger partial charge in [0.1, 0.15) is 11.9 Å². The maximum Gasteiger partial charge on any atom is 0.407 e. The lowest BCUT2D eigenvalue weighted by Gasteiger charge is -2.30. The SMILES string of the molecule is CC(C)(C)OC(=O)N[C@H]1CC[C@@H](CCn2c(Sc3cc4c(cc3Br)OCO4)nc3c(N)ncnc32)CC1. The molecule has 3 heterocycles. The van der Waals surface area contributed by atoms with E-state index in [1.807, 2.05) is 32.9 Å². The number of alkyl carbamates (subject to hydrolysis) is 1. The zero-order valence-corrected chi connectivity index (χ0v) is 23.5. The fourth-order valence-electron chi connectivity index (χ4n) is 4.67. The molecule has 10 nitrogen and oxygen atoms in total. The molecule has 1 fully saturated rings. The molecule has 5 rings (SSSR count). The first-order valence-electron chi connectivity index (χ1n) is 12.4. The summed E-state index contributed by atoms with van der Waals surface area (Å²) in [5, 5.41) is 3.81. The average Bonchev–Trinajstić information content (AvgIpc) is 3.42. The Bertz CT molecular complexity index is 1300. The number of anilines is 1. The van der Waals surface area contributed by atoms with Gasteiger partial charge in [0.15, 0.2) is 33.6 Å². The van der Waals surface area contributed by atoms with Crippen LogP contribution in [0.4, 0.5) is 10.6 Å². The summed E-state index contributed by atoms with van der Waals surface area (Å²) in [7, 11) is 0. The molecular weight excluding hydrogens is 560 g/mol. The lowest BCUT2D eigenvalue weighted by molar-refractivity contribution is 0.0486. The van der Waals surface area contributed by atoms with E-state index < -0.39 is 5.60 Å². The summed E-state index contributed by atoms with van der Waals surface area (Å²) in [4.78, 5) is 26.5. The lowest BCUT2D eigenvalue weighted by Crippen LogP contribution is -2.41. The van der Waals surface area contributed by atoms with Gasteiger partial charge in [0.2, 0.25) is 6.79 Å². The lowest BCUT2D eigenvalue weighted by atomic mass is 9.84. The standard InChI is InChI=1S/C25H31BrN6O4S/c1-25(2,3)36-24(33)30-15-6-4-14(5-7-15)8-9-32-22-20(21(27)28-12-29-22)31-23(32)37-19-11-18-17(10-16(19)26)34-13-35-18/h10-12,14-15H,4-9,13H2,1-3H3,(H,30,33)(H2,27,28,29)/t14-,15+. The molecule has 37 heavy (non-hydrogen) atoms. The van der Waals surface area contributed by atoms with Crippen molar-refractivity contribution in [3.63, 3.8) is 0 Å². The number of nitrogens with one attached hydrogen (secondary N) is 1. The normalized spacial score (nSPS) is 19.2. The third-order valence-corrected chi connectivity index (χ3v) is 8.45. The molecule has 1 aromatic carbocycles. The third-order valence-electron chi connectivity index (χ3n) is 6.48. The Balaban J connectivity index is 1.27. The molecule has 0 unspecified atom stereocenters. The fraction of sp³-hybridized carbons (Fsp3) is 0.520. The van der Waals surface area contributed by atoms with E-state index in [9.17, 15) is 4.79 Å². The Morgan fingerprint density at radius 1 is 1.22 bits per heavy atom. The van der Waals surface area contributed by atoms with E-state index >= 15 is 0 Å². The van der Waals surface area contributed by atoms with Gasteiger partial charge in [-0.3, -0.25) is 0 Å². The predicted molar refractivity (Wildman–Crippen MR) is 144 cm³/mol. The number of benzene rings is 1. The predicted octanol–water partition coefficient (Wildman–Crippen LogP) is 5.52. The Kier molecular flexibility index (Phi) is 7.39. The van der Waals surface area contributed by atoms with Crippen molar-refractivity contribution in [2.45, 2.75) is 81.1 Å². The highest BCUT2D eigenvalue weighted by molar-refractivity contribution is 9.10. The minimum atomic E-state index is -0.492. The molecule has 0 bridgehead atoms. The molecule has 1 saturated carbocycles. The number of carbonyl (C=O) groups excluding carboxylic acids is 1. The summed E-state index contributed by atoms with van der Waals surface area (Å²) in [5.41, 5.74) is 6.98. The van der Waals surface area contributed by atoms with E-state index in [-0.39, 0.29) is 18.9 Å². The second kappa shape index (κ2) is 10.6. The number of rotatable bonds is 6. The highest BCUT2D eigenvalue weighted by Gasteiger charge is 2.26. The maximum absolute atomic E-state index is 12.1. The van der Waals surface area contributed by atoms with Crippen LogP contribution in [0.1, 0.15) is 52.9 Å². The number of nitrogens with zero attached hydrogens (tertiary/aromatic N) is 4. The molecule has 12 heteroatoms. The Hall–Kier alpha value is -2.73. The summed E-state index contributed by atoms with van der Waals surface area (Å²) in [6.45, 7) is 6.60. The number of fused-ring (bicyclic) bond motifs is 2. The van der Waals surface area contributed by atoms with Crippen LogP contribution < -0.4 is 20.5 Å². The molecule has 1 amide bonds. The van der Waals surface area contributed by atoms with Crippen molar-refractivity contribution in [3.8, 4) is 11.5 Å². The van der Waals surface area contributed by atoms with Crippen molar-refractivity contribution in [2.24, 2.45) is 5.92 Å². The van der Waals surface area contributed by atoms with E-state index in [0.29, 0.717) is 23.0 Å². The van der Waals surface area contributed by atoms with Gasteiger partial charge >= 0.3 is 6.09 Å². The van der Waals surface area contributed by atoms with Gasteiger partial charge in [-0.05, 0) is 86.9 Å². The monoisotopic (exact) mass is 590 g/mol. The van der Waals surface area contributed by atoms with Crippen molar-refractivity contribution >= 4 is 50.8 Å². The molecule has 2 aliphatic rings. The first-order valence-corrected chi connectivity index (χ1v) is 14.0. The first kappa shape index (κ1) is 25.9. The number of nitrogens with two attached hydrogens (primary N) is 1. The number of hydrogen-bond donors (Lipinski definition) is 2. The number of ether oxygens (including phenoxy) is 3. The minimum absolute atomic E-state index is 0.155. The van der Waals surface area contributed by atoms with Gasteiger partial charge < -0.3 is 29.8 Å². The van der Waals surface area contributed by atoms with E-state index in [1.165, 1.54) is 18.1 Å². The summed E-state index contributed by atoms with van der Waals surface area (Å²) < 4.78 is 19.5. The van der Waals surface area contributed by atoms with E-state index in [2.05, 4.69) is 35.8 Å². The Labute approximate surface area is 228 Å². The van der Waals surface area contributed by atoms with Crippen molar-refractivity contribution in [2.75, 3.05) is 12.5 Å². The number of aryl methyl sites for hydroxylation is 1. The minimum Gasteiger partial charge on any atom is -0.454 e. The highest BCUT2D eigenvalue weighted by atomic mass is 79.9. The Morgan fingerprint density at radius 3 is 2.68 bits per heavy atom. The Morgan fingerprint density at radius 2 is 1.95 bits per heavy atom. The van der Waals surface area contributed by atoms with Crippen molar-refractivity contribution in [1.29, 1.82) is 0 Å².